The van der Waals surface area contributed by atoms with Crippen LogP contribution in [0.25, 0.3) is 0 Å². The molecule has 0 aromatic rings. The van der Waals surface area contributed by atoms with Crippen molar-refractivity contribution in [2.24, 2.45) is 0 Å². The minimum atomic E-state index is -0.472. The predicted molar refractivity (Wildman–Crippen MR) is 75.4 cm³/mol. The third-order valence-corrected chi connectivity index (χ3v) is 10.5. The second-order valence-corrected chi connectivity index (χ2v) is 13.7. The molecular weight excluding hydrogens is 436 g/mol. The van der Waals surface area contributed by atoms with Gasteiger partial charge in [0.2, 0.25) is 0 Å². The van der Waals surface area contributed by atoms with Crippen LogP contribution in [0.2, 0.25) is 0 Å². The van der Waals surface area contributed by atoms with Gasteiger partial charge in [-0.1, -0.05) is 0 Å². The summed E-state index contributed by atoms with van der Waals surface area (Å²) in [6.45, 7) is 9.51. The van der Waals surface area contributed by atoms with Gasteiger partial charge >= 0.3 is 35.3 Å². The molecule has 0 aromatic carbocycles. The standard InChI is InChI=1S/C9H22P2.2ClH.Pt/c1-5-10(6-2)9-11(7-3)8-4;;;/h5-9H2,1-4H3;2*1H;/q;;;+2. The van der Waals surface area contributed by atoms with Crippen molar-refractivity contribution in [3.8, 4) is 0 Å². The molecule has 0 spiro atoms. The minimum absolute atomic E-state index is 0.0990. The molecule has 0 aliphatic heterocycles. The normalized spacial score (nSPS) is 10.6. The summed E-state index contributed by atoms with van der Waals surface area (Å²) in [4.78, 5) is 0. The summed E-state index contributed by atoms with van der Waals surface area (Å²) in [5.74, 6) is 1.66. The van der Waals surface area contributed by atoms with Gasteiger partial charge in [-0.25, -0.2) is 0 Å². The molecular formula is C9H24Cl2P2Pt+2. The predicted octanol–water partition coefficient (Wildman–Crippen LogP) is 4.83. The summed E-state index contributed by atoms with van der Waals surface area (Å²) >= 11 is -0.472. The molecule has 0 radical (unpaired) electrons. The molecule has 0 aromatic heterocycles. The molecule has 0 saturated carbocycles. The first kappa shape index (κ1) is 18.5. The van der Waals surface area contributed by atoms with Gasteiger partial charge in [0.25, 0.3) is 0 Å². The zero-order valence-corrected chi connectivity index (χ0v) is 15.4. The van der Waals surface area contributed by atoms with E-state index in [1.807, 2.05) is 0 Å². The first-order valence-electron chi connectivity index (χ1n) is 5.19. The SMILES string of the molecule is CC[PH+](CC)C[PH+](CC)CC.[Cl][Pt][Cl]. The monoisotopic (exact) mass is 459 g/mol. The summed E-state index contributed by atoms with van der Waals surface area (Å²) in [7, 11) is 9.95. The first-order valence-corrected chi connectivity index (χ1v) is 15.1. The molecule has 0 N–H and O–H groups in total. The van der Waals surface area contributed by atoms with E-state index in [9.17, 15) is 0 Å². The molecule has 0 fully saturated rings. The fourth-order valence-corrected chi connectivity index (χ4v) is 9.18. The molecule has 0 aliphatic carbocycles. The van der Waals surface area contributed by atoms with Gasteiger partial charge in [-0.15, -0.1) is 0 Å². The maximum absolute atomic E-state index is 4.88. The molecule has 0 nitrogen and oxygen atoms in total. The van der Waals surface area contributed by atoms with Crippen molar-refractivity contribution >= 4 is 34.7 Å². The van der Waals surface area contributed by atoms with E-state index in [4.69, 9.17) is 18.8 Å². The van der Waals surface area contributed by atoms with Crippen LogP contribution in [0.5, 0.6) is 0 Å². The third kappa shape index (κ3) is 12.2. The molecule has 0 rings (SSSR count). The van der Waals surface area contributed by atoms with E-state index in [0.717, 1.165) is 0 Å². The molecule has 5 heteroatoms. The van der Waals surface area contributed by atoms with Crippen molar-refractivity contribution in [2.75, 3.05) is 30.6 Å². The first-order chi connectivity index (χ1) is 6.69. The number of hydrogen-bond acceptors (Lipinski definition) is 0. The van der Waals surface area contributed by atoms with Gasteiger partial charge in [0.1, 0.15) is 0 Å². The van der Waals surface area contributed by atoms with Crippen molar-refractivity contribution in [3.63, 3.8) is 0 Å². The second-order valence-electron chi connectivity index (χ2n) is 3.14. The van der Waals surface area contributed by atoms with Crippen LogP contribution in [0.4, 0.5) is 0 Å². The van der Waals surface area contributed by atoms with Crippen LogP contribution in [0.3, 0.4) is 0 Å². The average Bonchev–Trinajstić information content (AvgIpc) is 2.21. The summed E-state index contributed by atoms with van der Waals surface area (Å²) < 4.78 is 0. The Hall–Kier alpha value is 2.13. The quantitative estimate of drug-likeness (QED) is 0.499. The molecule has 0 atom stereocenters. The molecule has 92 valence electrons. The van der Waals surface area contributed by atoms with E-state index >= 15 is 0 Å². The van der Waals surface area contributed by atoms with Crippen molar-refractivity contribution in [1.82, 2.24) is 0 Å². The summed E-state index contributed by atoms with van der Waals surface area (Å²) in [6.07, 6.45) is 5.98. The molecule has 0 unspecified atom stereocenters. The average molecular weight is 460 g/mol. The van der Waals surface area contributed by atoms with Crippen LogP contribution in [0, 0.1) is 0 Å². The second kappa shape index (κ2) is 15.1. The number of hydrogen-bond donors (Lipinski definition) is 0. The van der Waals surface area contributed by atoms with Gasteiger partial charge in [0, 0.05) is 15.8 Å². The topological polar surface area (TPSA) is 0 Å². The van der Waals surface area contributed by atoms with E-state index in [-0.39, 0.29) is 15.8 Å². The number of halogens is 2. The van der Waals surface area contributed by atoms with Gasteiger partial charge in [-0.3, -0.25) is 0 Å². The Balaban J connectivity index is 0. The summed E-state index contributed by atoms with van der Waals surface area (Å²) in [6, 6.07) is 0. The fraction of sp³-hybridized carbons (Fsp3) is 1.00. The van der Waals surface area contributed by atoms with Crippen LogP contribution in [0.15, 0.2) is 0 Å². The van der Waals surface area contributed by atoms with E-state index < -0.39 is 16.5 Å². The Kier molecular flexibility index (Phi) is 20.0. The number of rotatable bonds is 6. The van der Waals surface area contributed by atoms with Crippen molar-refractivity contribution < 1.29 is 16.5 Å². The Bertz CT molecular complexity index is 88.8. The molecule has 0 aliphatic rings. The zero-order chi connectivity index (χ0) is 11.4. The van der Waals surface area contributed by atoms with Gasteiger partial charge in [0.05, 0.1) is 24.6 Å². The molecule has 0 heterocycles. The van der Waals surface area contributed by atoms with Crippen LogP contribution < -0.4 is 0 Å². The van der Waals surface area contributed by atoms with E-state index in [1.54, 1.807) is 5.90 Å². The van der Waals surface area contributed by atoms with Crippen LogP contribution >= 0.6 is 34.7 Å². The van der Waals surface area contributed by atoms with Crippen LogP contribution in [-0.2, 0) is 16.5 Å². The molecule has 14 heavy (non-hydrogen) atoms. The van der Waals surface area contributed by atoms with Gasteiger partial charge < -0.3 is 0 Å². The molecule has 0 amide bonds. The third-order valence-electron chi connectivity index (χ3n) is 2.50. The van der Waals surface area contributed by atoms with Gasteiger partial charge in [-0.2, -0.15) is 0 Å². The van der Waals surface area contributed by atoms with Crippen molar-refractivity contribution in [1.29, 1.82) is 0 Å². The van der Waals surface area contributed by atoms with E-state index in [0.29, 0.717) is 0 Å². The maximum atomic E-state index is 4.88. The van der Waals surface area contributed by atoms with Crippen LogP contribution in [-0.4, -0.2) is 30.6 Å². The summed E-state index contributed by atoms with van der Waals surface area (Å²) in [5.41, 5.74) is 0. The fourth-order valence-electron chi connectivity index (χ4n) is 1.35. The Labute approximate surface area is 109 Å². The Morgan fingerprint density at radius 3 is 1.14 bits per heavy atom. The van der Waals surface area contributed by atoms with Crippen LogP contribution in [0.1, 0.15) is 27.7 Å². The van der Waals surface area contributed by atoms with Crippen molar-refractivity contribution in [2.45, 2.75) is 27.7 Å². The van der Waals surface area contributed by atoms with Crippen molar-refractivity contribution in [3.05, 3.63) is 0 Å². The van der Waals surface area contributed by atoms with Gasteiger partial charge in [-0.05, 0) is 27.7 Å². The van der Waals surface area contributed by atoms with E-state index in [1.165, 1.54) is 24.6 Å². The summed E-state index contributed by atoms with van der Waals surface area (Å²) in [5, 5.41) is 0. The molecule has 0 bridgehead atoms. The zero-order valence-electron chi connectivity index (χ0n) is 9.61. The Morgan fingerprint density at radius 2 is 1.00 bits per heavy atom. The molecule has 0 saturated heterocycles. The Morgan fingerprint density at radius 1 is 0.786 bits per heavy atom. The van der Waals surface area contributed by atoms with Gasteiger partial charge in [0.15, 0.2) is 5.90 Å². The van der Waals surface area contributed by atoms with E-state index in [2.05, 4.69) is 27.7 Å².